The number of sulfonamides is 1. The van der Waals surface area contributed by atoms with Gasteiger partial charge in [-0.05, 0) is 12.8 Å². The molecular formula is C12H19NO4S. The molecule has 0 spiro atoms. The summed E-state index contributed by atoms with van der Waals surface area (Å²) >= 11 is 0. The summed E-state index contributed by atoms with van der Waals surface area (Å²) in [5.74, 6) is -1.83. The summed E-state index contributed by atoms with van der Waals surface area (Å²) in [6.07, 6.45) is 4.45. The van der Waals surface area contributed by atoms with Gasteiger partial charge >= 0.3 is 5.97 Å². The molecule has 1 N–H and O–H groups in total. The van der Waals surface area contributed by atoms with E-state index in [9.17, 15) is 13.2 Å². The van der Waals surface area contributed by atoms with Crippen LogP contribution < -0.4 is 0 Å². The van der Waals surface area contributed by atoms with E-state index in [0.717, 1.165) is 0 Å². The first-order valence-electron chi connectivity index (χ1n) is 5.88. The topological polar surface area (TPSA) is 74.7 Å². The largest absolute Gasteiger partial charge is 0.481 e. The van der Waals surface area contributed by atoms with Crippen LogP contribution in [-0.4, -0.2) is 42.1 Å². The lowest BCUT2D eigenvalue weighted by Gasteiger charge is -2.25. The van der Waals surface area contributed by atoms with E-state index in [4.69, 9.17) is 5.11 Å². The van der Waals surface area contributed by atoms with Crippen molar-refractivity contribution in [2.75, 3.05) is 13.1 Å². The molecule has 1 fully saturated rings. The fourth-order valence-electron chi connectivity index (χ4n) is 2.33. The van der Waals surface area contributed by atoms with Gasteiger partial charge in [0.05, 0.1) is 11.2 Å². The van der Waals surface area contributed by atoms with E-state index in [1.54, 1.807) is 0 Å². The minimum Gasteiger partial charge on any atom is -0.481 e. The fourth-order valence-corrected chi connectivity index (χ4v) is 4.47. The van der Waals surface area contributed by atoms with E-state index >= 15 is 0 Å². The van der Waals surface area contributed by atoms with Crippen molar-refractivity contribution in [2.45, 2.75) is 24.5 Å². The maximum Gasteiger partial charge on any atom is 0.307 e. The predicted octanol–water partition coefficient (Wildman–Crippen LogP) is 1.24. The second-order valence-electron chi connectivity index (χ2n) is 4.35. The molecule has 1 aliphatic rings. The molecule has 2 atom stereocenters. The molecule has 1 saturated carbocycles. The highest BCUT2D eigenvalue weighted by molar-refractivity contribution is 7.89. The monoisotopic (exact) mass is 273 g/mol. The van der Waals surface area contributed by atoms with Gasteiger partial charge < -0.3 is 5.11 Å². The summed E-state index contributed by atoms with van der Waals surface area (Å²) in [6.45, 7) is 7.40. The number of hydrogen-bond donors (Lipinski definition) is 1. The lowest BCUT2D eigenvalue weighted by molar-refractivity contribution is -0.141. The highest BCUT2D eigenvalue weighted by Gasteiger charge is 2.43. The van der Waals surface area contributed by atoms with Crippen LogP contribution >= 0.6 is 0 Å². The average molecular weight is 273 g/mol. The van der Waals surface area contributed by atoms with Gasteiger partial charge in [-0.15, -0.1) is 13.2 Å². The van der Waals surface area contributed by atoms with Crippen molar-refractivity contribution >= 4 is 16.0 Å². The van der Waals surface area contributed by atoms with Crippen LogP contribution in [0.15, 0.2) is 25.3 Å². The Hall–Kier alpha value is -1.14. The normalized spacial score (nSPS) is 24.1. The third-order valence-corrected chi connectivity index (χ3v) is 5.53. The Morgan fingerprint density at radius 3 is 2.28 bits per heavy atom. The van der Waals surface area contributed by atoms with Crippen molar-refractivity contribution < 1.29 is 18.3 Å². The van der Waals surface area contributed by atoms with E-state index in [2.05, 4.69) is 13.2 Å². The van der Waals surface area contributed by atoms with Crippen molar-refractivity contribution in [3.05, 3.63) is 25.3 Å². The molecule has 0 amide bonds. The van der Waals surface area contributed by atoms with Crippen molar-refractivity contribution in [2.24, 2.45) is 5.92 Å². The summed E-state index contributed by atoms with van der Waals surface area (Å²) in [5, 5.41) is 8.24. The Morgan fingerprint density at radius 1 is 1.28 bits per heavy atom. The van der Waals surface area contributed by atoms with Crippen LogP contribution in [0.2, 0.25) is 0 Å². The summed E-state index contributed by atoms with van der Waals surface area (Å²) in [6, 6.07) is 0. The Balaban J connectivity index is 2.99. The quantitative estimate of drug-likeness (QED) is 0.708. The first-order chi connectivity index (χ1) is 8.45. The SMILES string of the molecule is C=CCN(CC=C)S(=O)(=O)C1CCCC1C(=O)O. The number of carboxylic acids is 1. The first-order valence-corrected chi connectivity index (χ1v) is 7.39. The summed E-state index contributed by atoms with van der Waals surface area (Å²) in [4.78, 5) is 11.1. The van der Waals surface area contributed by atoms with Crippen molar-refractivity contribution in [1.29, 1.82) is 0 Å². The van der Waals surface area contributed by atoms with E-state index in [-0.39, 0.29) is 13.1 Å². The molecule has 5 nitrogen and oxygen atoms in total. The average Bonchev–Trinajstić information content (AvgIpc) is 2.78. The molecule has 0 aromatic heterocycles. The van der Waals surface area contributed by atoms with Gasteiger partial charge in [0.1, 0.15) is 0 Å². The lowest BCUT2D eigenvalue weighted by Crippen LogP contribution is -2.42. The zero-order valence-electron chi connectivity index (χ0n) is 10.3. The van der Waals surface area contributed by atoms with Crippen LogP contribution in [-0.2, 0) is 14.8 Å². The number of aliphatic carboxylic acids is 1. The van der Waals surface area contributed by atoms with Gasteiger partial charge in [0.25, 0.3) is 0 Å². The third-order valence-electron chi connectivity index (χ3n) is 3.18. The van der Waals surface area contributed by atoms with E-state index in [1.165, 1.54) is 16.5 Å². The highest BCUT2D eigenvalue weighted by Crippen LogP contribution is 2.33. The van der Waals surface area contributed by atoms with Crippen LogP contribution in [0.5, 0.6) is 0 Å². The third kappa shape index (κ3) is 3.00. The maximum atomic E-state index is 12.4. The fraction of sp³-hybridized carbons (Fsp3) is 0.583. The Bertz CT molecular complexity index is 419. The molecule has 6 heteroatoms. The molecule has 102 valence electrons. The molecule has 0 heterocycles. The summed E-state index contributed by atoms with van der Waals surface area (Å²) in [7, 11) is -3.61. The smallest absolute Gasteiger partial charge is 0.307 e. The Kier molecular flexibility index (Phi) is 5.10. The Morgan fingerprint density at radius 2 is 1.83 bits per heavy atom. The van der Waals surface area contributed by atoms with Crippen LogP contribution in [0.3, 0.4) is 0 Å². The van der Waals surface area contributed by atoms with E-state index < -0.39 is 27.2 Å². The standard InChI is InChI=1S/C12H19NO4S/c1-3-8-13(9-4-2)18(16,17)11-7-5-6-10(11)12(14)15/h3-4,10-11H,1-2,5-9H2,(H,14,15). The highest BCUT2D eigenvalue weighted by atomic mass is 32.2. The predicted molar refractivity (Wildman–Crippen MR) is 69.7 cm³/mol. The van der Waals surface area contributed by atoms with Gasteiger partial charge in [0.2, 0.25) is 10.0 Å². The summed E-state index contributed by atoms with van der Waals surface area (Å²) in [5.41, 5.74) is 0. The van der Waals surface area contributed by atoms with E-state index in [1.807, 2.05) is 0 Å². The van der Waals surface area contributed by atoms with Crippen molar-refractivity contribution in [3.63, 3.8) is 0 Å². The van der Waals surface area contributed by atoms with Crippen LogP contribution in [0, 0.1) is 5.92 Å². The number of hydrogen-bond acceptors (Lipinski definition) is 3. The molecule has 0 saturated heterocycles. The zero-order chi connectivity index (χ0) is 13.8. The minimum atomic E-state index is -3.61. The van der Waals surface area contributed by atoms with Gasteiger partial charge in [0.15, 0.2) is 0 Å². The summed E-state index contributed by atoms with van der Waals surface area (Å²) < 4.78 is 26.0. The first kappa shape index (κ1) is 14.9. The molecule has 0 radical (unpaired) electrons. The molecule has 0 bridgehead atoms. The molecule has 18 heavy (non-hydrogen) atoms. The lowest BCUT2D eigenvalue weighted by atomic mass is 10.1. The molecular weight excluding hydrogens is 254 g/mol. The number of nitrogens with zero attached hydrogens (tertiary/aromatic N) is 1. The van der Waals surface area contributed by atoms with Gasteiger partial charge in [0, 0.05) is 13.1 Å². The van der Waals surface area contributed by atoms with Gasteiger partial charge in [-0.25, -0.2) is 8.42 Å². The molecule has 0 aromatic rings. The van der Waals surface area contributed by atoms with Gasteiger partial charge in [-0.1, -0.05) is 18.6 Å². The molecule has 0 aliphatic heterocycles. The van der Waals surface area contributed by atoms with Gasteiger partial charge in [-0.3, -0.25) is 4.79 Å². The Labute approximate surface area is 108 Å². The molecule has 1 aliphatic carbocycles. The maximum absolute atomic E-state index is 12.4. The van der Waals surface area contributed by atoms with E-state index in [0.29, 0.717) is 19.3 Å². The van der Waals surface area contributed by atoms with Crippen LogP contribution in [0.1, 0.15) is 19.3 Å². The zero-order valence-corrected chi connectivity index (χ0v) is 11.1. The molecule has 2 unspecified atom stereocenters. The number of carbonyl (C=O) groups is 1. The molecule has 1 rings (SSSR count). The molecule has 0 aromatic carbocycles. The van der Waals surface area contributed by atoms with Crippen LogP contribution in [0.25, 0.3) is 0 Å². The second-order valence-corrected chi connectivity index (χ2v) is 6.51. The number of rotatable bonds is 7. The minimum absolute atomic E-state index is 0.178. The second kappa shape index (κ2) is 6.15. The number of carboxylic acid groups (broad SMARTS) is 1. The van der Waals surface area contributed by atoms with Crippen molar-refractivity contribution in [1.82, 2.24) is 4.31 Å². The van der Waals surface area contributed by atoms with Gasteiger partial charge in [-0.2, -0.15) is 4.31 Å². The van der Waals surface area contributed by atoms with Crippen LogP contribution in [0.4, 0.5) is 0 Å². The van der Waals surface area contributed by atoms with Crippen molar-refractivity contribution in [3.8, 4) is 0 Å².